The number of benzene rings is 2. The SMILES string of the molecule is Cc1ccc(S(=O)(=O)NCC2CCN(CCc3ccccc3)CC2)cc1. The molecule has 1 aliphatic rings. The van der Waals surface area contributed by atoms with Crippen molar-refractivity contribution in [3.8, 4) is 0 Å². The first-order chi connectivity index (χ1) is 12.5. The second kappa shape index (κ2) is 8.80. The van der Waals surface area contributed by atoms with Crippen molar-refractivity contribution in [2.45, 2.75) is 31.1 Å². The first kappa shape index (κ1) is 19.1. The van der Waals surface area contributed by atoms with Crippen LogP contribution in [0.4, 0.5) is 0 Å². The van der Waals surface area contributed by atoms with E-state index in [1.807, 2.05) is 25.1 Å². The molecule has 1 heterocycles. The van der Waals surface area contributed by atoms with Crippen molar-refractivity contribution in [2.75, 3.05) is 26.2 Å². The van der Waals surface area contributed by atoms with E-state index in [0.29, 0.717) is 17.4 Å². The summed E-state index contributed by atoms with van der Waals surface area (Å²) in [6, 6.07) is 17.6. The van der Waals surface area contributed by atoms with Crippen LogP contribution in [0.25, 0.3) is 0 Å². The number of sulfonamides is 1. The van der Waals surface area contributed by atoms with Gasteiger partial charge in [-0.05, 0) is 62.9 Å². The van der Waals surface area contributed by atoms with Gasteiger partial charge in [0.1, 0.15) is 0 Å². The molecule has 2 aromatic rings. The minimum atomic E-state index is -3.40. The Labute approximate surface area is 157 Å². The van der Waals surface area contributed by atoms with Gasteiger partial charge in [-0.15, -0.1) is 0 Å². The van der Waals surface area contributed by atoms with E-state index in [1.54, 1.807) is 12.1 Å². The van der Waals surface area contributed by atoms with Gasteiger partial charge in [-0.2, -0.15) is 0 Å². The fourth-order valence-electron chi connectivity index (χ4n) is 3.37. The molecule has 3 rings (SSSR count). The Balaban J connectivity index is 1.42. The summed E-state index contributed by atoms with van der Waals surface area (Å²) in [5.74, 6) is 0.420. The van der Waals surface area contributed by atoms with Crippen LogP contribution in [0.1, 0.15) is 24.0 Å². The van der Waals surface area contributed by atoms with Crippen LogP contribution in [0.3, 0.4) is 0 Å². The summed E-state index contributed by atoms with van der Waals surface area (Å²) in [5.41, 5.74) is 2.44. The number of piperidine rings is 1. The highest BCUT2D eigenvalue weighted by atomic mass is 32.2. The molecule has 0 amide bonds. The van der Waals surface area contributed by atoms with E-state index in [-0.39, 0.29) is 0 Å². The summed E-state index contributed by atoms with van der Waals surface area (Å²) in [5, 5.41) is 0. The molecule has 4 nitrogen and oxygen atoms in total. The average Bonchev–Trinajstić information content (AvgIpc) is 2.67. The fraction of sp³-hybridized carbons (Fsp3) is 0.429. The number of likely N-dealkylation sites (tertiary alicyclic amines) is 1. The number of rotatable bonds is 7. The largest absolute Gasteiger partial charge is 0.303 e. The van der Waals surface area contributed by atoms with E-state index in [1.165, 1.54) is 5.56 Å². The van der Waals surface area contributed by atoms with Crippen molar-refractivity contribution in [3.05, 3.63) is 65.7 Å². The second-order valence-electron chi connectivity index (χ2n) is 7.19. The third-order valence-electron chi connectivity index (χ3n) is 5.16. The maximum Gasteiger partial charge on any atom is 0.240 e. The summed E-state index contributed by atoms with van der Waals surface area (Å²) >= 11 is 0. The molecule has 0 radical (unpaired) electrons. The van der Waals surface area contributed by atoms with Gasteiger partial charge in [-0.25, -0.2) is 13.1 Å². The van der Waals surface area contributed by atoms with Crippen molar-refractivity contribution in [3.63, 3.8) is 0 Å². The third-order valence-corrected chi connectivity index (χ3v) is 6.60. The molecular formula is C21H28N2O2S. The molecule has 1 fully saturated rings. The number of nitrogens with zero attached hydrogens (tertiary/aromatic N) is 1. The molecule has 0 bridgehead atoms. The molecular weight excluding hydrogens is 344 g/mol. The molecule has 0 atom stereocenters. The highest BCUT2D eigenvalue weighted by Gasteiger charge is 2.21. The van der Waals surface area contributed by atoms with Crippen molar-refractivity contribution >= 4 is 10.0 Å². The number of nitrogens with one attached hydrogen (secondary N) is 1. The van der Waals surface area contributed by atoms with E-state index in [9.17, 15) is 8.42 Å². The van der Waals surface area contributed by atoms with Gasteiger partial charge in [0, 0.05) is 13.1 Å². The van der Waals surface area contributed by atoms with Crippen LogP contribution in [0.15, 0.2) is 59.5 Å². The van der Waals surface area contributed by atoms with Crippen LogP contribution in [0, 0.1) is 12.8 Å². The average molecular weight is 373 g/mol. The Kier molecular flexibility index (Phi) is 6.46. The molecule has 26 heavy (non-hydrogen) atoms. The first-order valence-corrected chi connectivity index (χ1v) is 10.8. The van der Waals surface area contributed by atoms with Gasteiger partial charge in [0.05, 0.1) is 4.90 Å². The summed E-state index contributed by atoms with van der Waals surface area (Å²) in [7, 11) is -3.40. The molecule has 0 spiro atoms. The fourth-order valence-corrected chi connectivity index (χ4v) is 4.49. The molecule has 0 unspecified atom stereocenters. The Morgan fingerprint density at radius 3 is 2.31 bits per heavy atom. The zero-order valence-electron chi connectivity index (χ0n) is 15.4. The maximum atomic E-state index is 12.4. The number of hydrogen-bond donors (Lipinski definition) is 1. The van der Waals surface area contributed by atoms with E-state index >= 15 is 0 Å². The first-order valence-electron chi connectivity index (χ1n) is 9.35. The summed E-state index contributed by atoms with van der Waals surface area (Å²) in [4.78, 5) is 2.83. The van der Waals surface area contributed by atoms with Crippen LogP contribution >= 0.6 is 0 Å². The molecule has 0 aliphatic carbocycles. The standard InChI is InChI=1S/C21H28N2O2S/c1-18-7-9-21(10-8-18)26(24,25)22-17-20-12-15-23(16-13-20)14-11-19-5-3-2-4-6-19/h2-10,20,22H,11-17H2,1H3. The molecule has 140 valence electrons. The summed E-state index contributed by atoms with van der Waals surface area (Å²) in [6.07, 6.45) is 3.17. The number of aryl methyl sites for hydroxylation is 1. The molecule has 5 heteroatoms. The Morgan fingerprint density at radius 1 is 1.00 bits per heavy atom. The molecule has 1 aliphatic heterocycles. The lowest BCUT2D eigenvalue weighted by atomic mass is 9.97. The highest BCUT2D eigenvalue weighted by molar-refractivity contribution is 7.89. The Bertz CT molecular complexity index is 781. The van der Waals surface area contributed by atoms with Gasteiger partial charge < -0.3 is 4.90 Å². The van der Waals surface area contributed by atoms with Gasteiger partial charge in [0.15, 0.2) is 0 Å². The second-order valence-corrected chi connectivity index (χ2v) is 8.95. The lowest BCUT2D eigenvalue weighted by molar-refractivity contribution is 0.187. The van der Waals surface area contributed by atoms with E-state index in [0.717, 1.165) is 44.5 Å². The van der Waals surface area contributed by atoms with Crippen molar-refractivity contribution in [1.29, 1.82) is 0 Å². The summed E-state index contributed by atoms with van der Waals surface area (Å²) < 4.78 is 27.6. The Hall–Kier alpha value is -1.69. The van der Waals surface area contributed by atoms with Crippen molar-refractivity contribution < 1.29 is 8.42 Å². The van der Waals surface area contributed by atoms with Crippen LogP contribution in [-0.2, 0) is 16.4 Å². The van der Waals surface area contributed by atoms with Gasteiger partial charge in [0.25, 0.3) is 0 Å². The van der Waals surface area contributed by atoms with Crippen molar-refractivity contribution in [1.82, 2.24) is 9.62 Å². The molecule has 2 aromatic carbocycles. The molecule has 0 saturated carbocycles. The van der Waals surface area contributed by atoms with Gasteiger partial charge >= 0.3 is 0 Å². The van der Waals surface area contributed by atoms with E-state index in [4.69, 9.17) is 0 Å². The third kappa shape index (κ3) is 5.40. The van der Waals surface area contributed by atoms with Gasteiger partial charge in [0.2, 0.25) is 10.0 Å². The maximum absolute atomic E-state index is 12.4. The summed E-state index contributed by atoms with van der Waals surface area (Å²) in [6.45, 7) is 5.65. The van der Waals surface area contributed by atoms with Crippen LogP contribution < -0.4 is 4.72 Å². The normalized spacial score (nSPS) is 16.7. The van der Waals surface area contributed by atoms with Crippen LogP contribution in [-0.4, -0.2) is 39.5 Å². The lowest BCUT2D eigenvalue weighted by Gasteiger charge is -2.32. The van der Waals surface area contributed by atoms with Crippen LogP contribution in [0.2, 0.25) is 0 Å². The zero-order chi connectivity index (χ0) is 18.4. The van der Waals surface area contributed by atoms with Gasteiger partial charge in [-0.1, -0.05) is 48.0 Å². The van der Waals surface area contributed by atoms with Crippen molar-refractivity contribution in [2.24, 2.45) is 5.92 Å². The lowest BCUT2D eigenvalue weighted by Crippen LogP contribution is -2.39. The number of hydrogen-bond acceptors (Lipinski definition) is 3. The monoisotopic (exact) mass is 372 g/mol. The minimum absolute atomic E-state index is 0.350. The molecule has 1 N–H and O–H groups in total. The van der Waals surface area contributed by atoms with Gasteiger partial charge in [-0.3, -0.25) is 0 Å². The quantitative estimate of drug-likeness (QED) is 0.812. The van der Waals surface area contributed by atoms with Crippen LogP contribution in [0.5, 0.6) is 0 Å². The predicted molar refractivity (Wildman–Crippen MR) is 106 cm³/mol. The Morgan fingerprint density at radius 2 is 1.65 bits per heavy atom. The van der Waals surface area contributed by atoms with E-state index < -0.39 is 10.0 Å². The molecule has 0 aromatic heterocycles. The smallest absolute Gasteiger partial charge is 0.240 e. The highest BCUT2D eigenvalue weighted by Crippen LogP contribution is 2.18. The molecule has 1 saturated heterocycles. The van der Waals surface area contributed by atoms with E-state index in [2.05, 4.69) is 33.9 Å². The predicted octanol–water partition coefficient (Wildman–Crippen LogP) is 3.23. The minimum Gasteiger partial charge on any atom is -0.303 e. The topological polar surface area (TPSA) is 49.4 Å². The zero-order valence-corrected chi connectivity index (χ0v) is 16.2.